The fraction of sp³-hybridized carbons (Fsp3) is 0.235. The third-order valence-electron chi connectivity index (χ3n) is 3.42. The highest BCUT2D eigenvalue weighted by molar-refractivity contribution is 6.50. The first kappa shape index (κ1) is 16.6. The number of carbonyl (C=O) groups is 1. The van der Waals surface area contributed by atoms with Gasteiger partial charge in [-0.05, 0) is 49.5 Å². The van der Waals surface area contributed by atoms with Crippen LogP contribution >= 0.6 is 11.6 Å². The number of carbonyl (C=O) groups excluding carboxylic acids is 1. The Bertz CT molecular complexity index is 610. The summed E-state index contributed by atoms with van der Waals surface area (Å²) in [6, 6.07) is 14.6. The van der Waals surface area contributed by atoms with Crippen molar-refractivity contribution < 1.29 is 4.79 Å². The molecule has 5 heteroatoms. The van der Waals surface area contributed by atoms with Crippen molar-refractivity contribution in [3.05, 3.63) is 59.1 Å². The molecule has 2 aromatic carbocycles. The molecule has 22 heavy (non-hydrogen) atoms. The monoisotopic (exact) mass is 313 g/mol. The van der Waals surface area contributed by atoms with Crippen molar-refractivity contribution in [2.24, 2.45) is 0 Å². The Balaban J connectivity index is 1.98. The predicted molar refractivity (Wildman–Crippen MR) is 94.2 cm³/mol. The molecule has 0 aromatic heterocycles. The van der Waals surface area contributed by atoms with E-state index in [1.54, 1.807) is 24.3 Å². The molecule has 1 amide bonds. The van der Waals surface area contributed by atoms with Crippen LogP contribution in [0.4, 0.5) is 5.69 Å². The third kappa shape index (κ3) is 4.62. The molecule has 0 unspecified atom stereocenters. The Morgan fingerprint density at radius 2 is 1.64 bits per heavy atom. The molecule has 0 fully saturated rings. The Morgan fingerprint density at radius 1 is 1.05 bits per heavy atom. The van der Waals surface area contributed by atoms with Crippen LogP contribution in [-0.2, 0) is 0 Å². The van der Waals surface area contributed by atoms with Crippen LogP contribution in [0.2, 0.25) is 5.02 Å². The summed E-state index contributed by atoms with van der Waals surface area (Å²) in [6.07, 6.45) is 0. The molecule has 0 aliphatic rings. The fourth-order valence-electron chi connectivity index (χ4n) is 2.07. The lowest BCUT2D eigenvalue weighted by atomic mass is 9.80. The summed E-state index contributed by atoms with van der Waals surface area (Å²) in [5.41, 5.74) is 2.48. The maximum atomic E-state index is 12.1. The van der Waals surface area contributed by atoms with Gasteiger partial charge < -0.3 is 10.1 Å². The van der Waals surface area contributed by atoms with Crippen LogP contribution in [0.1, 0.15) is 24.2 Å². The van der Waals surface area contributed by atoms with E-state index in [0.717, 1.165) is 24.2 Å². The molecule has 0 heterocycles. The number of amides is 1. The first-order valence-electron chi connectivity index (χ1n) is 7.38. The molecule has 3 nitrogen and oxygen atoms in total. The smallest absolute Gasteiger partial charge is 0.255 e. The maximum absolute atomic E-state index is 12.1. The molecule has 0 aliphatic carbocycles. The van der Waals surface area contributed by atoms with Crippen LogP contribution in [-0.4, -0.2) is 31.2 Å². The van der Waals surface area contributed by atoms with E-state index < -0.39 is 0 Å². The number of nitrogens with one attached hydrogen (secondary N) is 1. The van der Waals surface area contributed by atoms with E-state index >= 15 is 0 Å². The molecule has 1 radical (unpaired) electrons. The standard InChI is InChI=1S/C17H19BClN2O/c1-3-21(4-2)18-14-7-11-16(12-8-14)20-17(22)13-5-9-15(19)10-6-13/h5-12H,3-4H2,1-2H3,(H,20,22). The van der Waals surface area contributed by atoms with Gasteiger partial charge in [0, 0.05) is 16.3 Å². The summed E-state index contributed by atoms with van der Waals surface area (Å²) in [5.74, 6) is -0.142. The molecular weight excluding hydrogens is 294 g/mol. The van der Waals surface area contributed by atoms with Crippen LogP contribution in [0.15, 0.2) is 48.5 Å². The average molecular weight is 314 g/mol. The van der Waals surface area contributed by atoms with Crippen molar-refractivity contribution in [1.29, 1.82) is 0 Å². The number of halogens is 1. The summed E-state index contributed by atoms with van der Waals surface area (Å²) < 4.78 is 0. The van der Waals surface area contributed by atoms with E-state index in [2.05, 4.69) is 31.4 Å². The minimum absolute atomic E-state index is 0.142. The lowest BCUT2D eigenvalue weighted by molar-refractivity contribution is 0.102. The van der Waals surface area contributed by atoms with Gasteiger partial charge in [0.1, 0.15) is 0 Å². The zero-order valence-electron chi connectivity index (χ0n) is 12.8. The van der Waals surface area contributed by atoms with Gasteiger partial charge in [0.05, 0.1) is 0 Å². The molecule has 0 spiro atoms. The van der Waals surface area contributed by atoms with Gasteiger partial charge in [0.25, 0.3) is 5.91 Å². The van der Waals surface area contributed by atoms with E-state index in [-0.39, 0.29) is 5.91 Å². The average Bonchev–Trinajstić information content (AvgIpc) is 2.54. The molecule has 0 bridgehead atoms. The van der Waals surface area contributed by atoms with Crippen molar-refractivity contribution in [3.8, 4) is 0 Å². The maximum Gasteiger partial charge on any atom is 0.255 e. The number of anilines is 1. The molecule has 1 N–H and O–H groups in total. The Kier molecular flexibility index (Phi) is 6.05. The first-order valence-corrected chi connectivity index (χ1v) is 7.76. The second-order valence-corrected chi connectivity index (χ2v) is 5.37. The molecule has 2 rings (SSSR count). The van der Waals surface area contributed by atoms with Crippen LogP contribution < -0.4 is 10.8 Å². The molecule has 0 atom stereocenters. The van der Waals surface area contributed by atoms with E-state index in [9.17, 15) is 4.79 Å². The minimum Gasteiger partial charge on any atom is -0.343 e. The molecule has 2 aromatic rings. The second kappa shape index (κ2) is 8.02. The summed E-state index contributed by atoms with van der Waals surface area (Å²) in [5, 5.41) is 3.50. The van der Waals surface area contributed by atoms with Gasteiger partial charge in [-0.15, -0.1) is 0 Å². The Morgan fingerprint density at radius 3 is 2.18 bits per heavy atom. The number of rotatable bonds is 6. The summed E-state index contributed by atoms with van der Waals surface area (Å²) >= 11 is 5.82. The lowest BCUT2D eigenvalue weighted by Gasteiger charge is -2.16. The molecule has 0 aliphatic heterocycles. The third-order valence-corrected chi connectivity index (χ3v) is 3.67. The largest absolute Gasteiger partial charge is 0.343 e. The van der Waals surface area contributed by atoms with Gasteiger partial charge in [-0.1, -0.05) is 43.0 Å². The summed E-state index contributed by atoms with van der Waals surface area (Å²) in [6.45, 7) is 6.21. The number of nitrogens with zero attached hydrogens (tertiary/aromatic N) is 1. The van der Waals surface area contributed by atoms with Crippen molar-refractivity contribution in [2.75, 3.05) is 18.4 Å². The topological polar surface area (TPSA) is 32.3 Å². The molecular formula is C17H19BClN2O. The first-order chi connectivity index (χ1) is 10.6. The van der Waals surface area contributed by atoms with E-state index in [0.29, 0.717) is 10.6 Å². The Labute approximate surface area is 137 Å². The highest BCUT2D eigenvalue weighted by Gasteiger charge is 2.07. The normalized spacial score (nSPS) is 10.5. The van der Waals surface area contributed by atoms with Crippen LogP contribution in [0.5, 0.6) is 0 Å². The summed E-state index contributed by atoms with van der Waals surface area (Å²) in [7, 11) is 2.12. The van der Waals surface area contributed by atoms with Gasteiger partial charge in [0.2, 0.25) is 7.41 Å². The fourth-order valence-corrected chi connectivity index (χ4v) is 2.20. The van der Waals surface area contributed by atoms with Gasteiger partial charge in [-0.25, -0.2) is 0 Å². The van der Waals surface area contributed by atoms with Gasteiger partial charge in [-0.3, -0.25) is 4.79 Å². The molecule has 0 saturated heterocycles. The summed E-state index contributed by atoms with van der Waals surface area (Å²) in [4.78, 5) is 14.3. The van der Waals surface area contributed by atoms with Gasteiger partial charge in [0.15, 0.2) is 0 Å². The predicted octanol–water partition coefficient (Wildman–Crippen LogP) is 3.18. The van der Waals surface area contributed by atoms with Crippen LogP contribution in [0.3, 0.4) is 0 Å². The quantitative estimate of drug-likeness (QED) is 0.831. The van der Waals surface area contributed by atoms with E-state index in [1.807, 2.05) is 24.3 Å². The van der Waals surface area contributed by atoms with Gasteiger partial charge >= 0.3 is 0 Å². The molecule has 113 valence electrons. The zero-order chi connectivity index (χ0) is 15.9. The number of hydrogen-bond acceptors (Lipinski definition) is 2. The Hall–Kier alpha value is -1.78. The van der Waals surface area contributed by atoms with Crippen molar-refractivity contribution in [3.63, 3.8) is 0 Å². The highest BCUT2D eigenvalue weighted by atomic mass is 35.5. The minimum atomic E-state index is -0.142. The van der Waals surface area contributed by atoms with Gasteiger partial charge in [-0.2, -0.15) is 0 Å². The van der Waals surface area contributed by atoms with Crippen LogP contribution in [0, 0.1) is 0 Å². The van der Waals surface area contributed by atoms with Crippen molar-refractivity contribution >= 4 is 36.1 Å². The molecule has 0 saturated carbocycles. The highest BCUT2D eigenvalue weighted by Crippen LogP contribution is 2.12. The lowest BCUT2D eigenvalue weighted by Crippen LogP contribution is -2.35. The van der Waals surface area contributed by atoms with E-state index in [4.69, 9.17) is 11.6 Å². The van der Waals surface area contributed by atoms with Crippen molar-refractivity contribution in [2.45, 2.75) is 13.8 Å². The SMILES string of the molecule is CCN([B]c1ccc(NC(=O)c2ccc(Cl)cc2)cc1)CC. The number of hydrogen-bond donors (Lipinski definition) is 1. The van der Waals surface area contributed by atoms with Crippen LogP contribution in [0.25, 0.3) is 0 Å². The zero-order valence-corrected chi connectivity index (χ0v) is 13.6. The van der Waals surface area contributed by atoms with Crippen molar-refractivity contribution in [1.82, 2.24) is 4.81 Å². The second-order valence-electron chi connectivity index (χ2n) is 4.93. The van der Waals surface area contributed by atoms with E-state index in [1.165, 1.54) is 0 Å². The number of benzene rings is 2.